The van der Waals surface area contributed by atoms with Gasteiger partial charge in [-0.2, -0.15) is 0 Å². The quantitative estimate of drug-likeness (QED) is 0.448. The molecule has 0 spiro atoms. The van der Waals surface area contributed by atoms with E-state index in [-0.39, 0.29) is 17.1 Å². The van der Waals surface area contributed by atoms with Gasteiger partial charge in [0.05, 0.1) is 17.1 Å². The Morgan fingerprint density at radius 2 is 2.06 bits per heavy atom. The molecule has 96 valence electrons. The Kier molecular flexibility index (Phi) is 4.83. The van der Waals surface area contributed by atoms with Gasteiger partial charge in [-0.1, -0.05) is 12.2 Å². The molecule has 6 nitrogen and oxygen atoms in total. The smallest absolute Gasteiger partial charge is 0.309 e. The van der Waals surface area contributed by atoms with Gasteiger partial charge < -0.3 is 21.1 Å². The molecule has 1 rings (SSSR count). The molecule has 0 aromatic carbocycles. The number of ether oxygens (including phenoxy) is 1. The van der Waals surface area contributed by atoms with E-state index in [1.807, 2.05) is 6.92 Å². The highest BCUT2D eigenvalue weighted by Crippen LogP contribution is 2.23. The van der Waals surface area contributed by atoms with Gasteiger partial charge in [-0.25, -0.2) is 0 Å². The molecule has 1 aliphatic heterocycles. The molecule has 0 aliphatic carbocycles. The van der Waals surface area contributed by atoms with Crippen LogP contribution in [0.25, 0.3) is 0 Å². The van der Waals surface area contributed by atoms with Crippen LogP contribution in [0.5, 0.6) is 0 Å². The number of amides is 2. The SMILES string of the molecule is CC1(CNC(=O)C(=O)NCC(N)=S)CCCO1. The van der Waals surface area contributed by atoms with E-state index < -0.39 is 11.8 Å². The molecule has 1 saturated heterocycles. The molecule has 7 heteroatoms. The summed E-state index contributed by atoms with van der Waals surface area (Å²) in [4.78, 5) is 22.8. The molecule has 0 aromatic heterocycles. The summed E-state index contributed by atoms with van der Waals surface area (Å²) in [6.45, 7) is 2.95. The summed E-state index contributed by atoms with van der Waals surface area (Å²) in [5, 5.41) is 4.84. The number of nitrogens with two attached hydrogens (primary N) is 1. The zero-order valence-corrected chi connectivity index (χ0v) is 10.6. The summed E-state index contributed by atoms with van der Waals surface area (Å²) < 4.78 is 5.48. The molecule has 17 heavy (non-hydrogen) atoms. The van der Waals surface area contributed by atoms with Gasteiger partial charge in [-0.05, 0) is 19.8 Å². The highest BCUT2D eigenvalue weighted by molar-refractivity contribution is 7.80. The summed E-state index contributed by atoms with van der Waals surface area (Å²) >= 11 is 4.58. The third-order valence-electron chi connectivity index (χ3n) is 2.55. The van der Waals surface area contributed by atoms with Crippen molar-refractivity contribution in [3.05, 3.63) is 0 Å². The predicted octanol–water partition coefficient (Wildman–Crippen LogP) is -0.926. The second kappa shape index (κ2) is 5.92. The average Bonchev–Trinajstić information content (AvgIpc) is 2.70. The van der Waals surface area contributed by atoms with Gasteiger partial charge in [0, 0.05) is 13.2 Å². The molecule has 1 heterocycles. The maximum Gasteiger partial charge on any atom is 0.309 e. The Balaban J connectivity index is 2.28. The van der Waals surface area contributed by atoms with Gasteiger partial charge in [0.1, 0.15) is 0 Å². The second-order valence-electron chi connectivity index (χ2n) is 4.23. The monoisotopic (exact) mass is 259 g/mol. The third kappa shape index (κ3) is 4.66. The molecule has 4 N–H and O–H groups in total. The van der Waals surface area contributed by atoms with E-state index in [1.165, 1.54) is 0 Å². The topological polar surface area (TPSA) is 93.5 Å². The molecule has 0 radical (unpaired) electrons. The summed E-state index contributed by atoms with van der Waals surface area (Å²) in [5.41, 5.74) is 4.84. The van der Waals surface area contributed by atoms with Crippen molar-refractivity contribution in [2.45, 2.75) is 25.4 Å². The minimum atomic E-state index is -0.737. The van der Waals surface area contributed by atoms with Crippen molar-refractivity contribution in [2.75, 3.05) is 19.7 Å². The molecular weight excluding hydrogens is 242 g/mol. The van der Waals surface area contributed by atoms with E-state index in [9.17, 15) is 9.59 Å². The zero-order valence-electron chi connectivity index (χ0n) is 9.75. The van der Waals surface area contributed by atoms with Crippen LogP contribution in [0.4, 0.5) is 0 Å². The molecule has 1 unspecified atom stereocenters. The van der Waals surface area contributed by atoms with Crippen molar-refractivity contribution in [3.63, 3.8) is 0 Å². The first-order chi connectivity index (χ1) is 7.93. The first-order valence-electron chi connectivity index (χ1n) is 5.41. The van der Waals surface area contributed by atoms with Gasteiger partial charge >= 0.3 is 11.8 Å². The fourth-order valence-corrected chi connectivity index (χ4v) is 1.64. The van der Waals surface area contributed by atoms with Crippen molar-refractivity contribution in [1.29, 1.82) is 0 Å². The maximum atomic E-state index is 11.4. The molecule has 0 saturated carbocycles. The van der Waals surface area contributed by atoms with Crippen LogP contribution in [0.15, 0.2) is 0 Å². The fraction of sp³-hybridized carbons (Fsp3) is 0.700. The van der Waals surface area contributed by atoms with Gasteiger partial charge in [-0.3, -0.25) is 9.59 Å². The van der Waals surface area contributed by atoms with Gasteiger partial charge in [0.2, 0.25) is 0 Å². The van der Waals surface area contributed by atoms with Crippen LogP contribution in [0.1, 0.15) is 19.8 Å². The summed E-state index contributed by atoms with van der Waals surface area (Å²) in [7, 11) is 0. The van der Waals surface area contributed by atoms with Crippen LogP contribution < -0.4 is 16.4 Å². The van der Waals surface area contributed by atoms with Crippen molar-refractivity contribution in [1.82, 2.24) is 10.6 Å². The number of carbonyl (C=O) groups is 2. The lowest BCUT2D eigenvalue weighted by Gasteiger charge is -2.23. The lowest BCUT2D eigenvalue weighted by Crippen LogP contribution is -2.47. The van der Waals surface area contributed by atoms with Crippen LogP contribution >= 0.6 is 12.2 Å². The maximum absolute atomic E-state index is 11.4. The van der Waals surface area contributed by atoms with Gasteiger partial charge in [0.15, 0.2) is 0 Å². The zero-order chi connectivity index (χ0) is 12.9. The molecule has 2 amide bonds. The van der Waals surface area contributed by atoms with Crippen molar-refractivity contribution >= 4 is 29.0 Å². The first kappa shape index (κ1) is 13.9. The standard InChI is InChI=1S/C10H17N3O3S/c1-10(3-2-4-16-10)6-13-9(15)8(14)12-5-7(11)17/h2-6H2,1H3,(H2,11,17)(H,12,14)(H,13,15). The van der Waals surface area contributed by atoms with Crippen molar-refractivity contribution in [3.8, 4) is 0 Å². The summed E-state index contributed by atoms with van der Waals surface area (Å²) in [6.07, 6.45) is 1.85. The number of rotatable bonds is 4. The average molecular weight is 259 g/mol. The van der Waals surface area contributed by atoms with E-state index in [0.717, 1.165) is 12.8 Å². The van der Waals surface area contributed by atoms with E-state index in [2.05, 4.69) is 22.9 Å². The van der Waals surface area contributed by atoms with E-state index in [4.69, 9.17) is 10.5 Å². The second-order valence-corrected chi connectivity index (χ2v) is 4.76. The Morgan fingerprint density at radius 1 is 1.41 bits per heavy atom. The highest BCUT2D eigenvalue weighted by Gasteiger charge is 2.30. The predicted molar refractivity (Wildman–Crippen MR) is 66.4 cm³/mol. The Labute approximate surface area is 105 Å². The molecule has 0 aromatic rings. The van der Waals surface area contributed by atoms with Crippen molar-refractivity contribution < 1.29 is 14.3 Å². The Bertz CT molecular complexity index is 327. The van der Waals surface area contributed by atoms with Crippen molar-refractivity contribution in [2.24, 2.45) is 5.73 Å². The minimum Gasteiger partial charge on any atom is -0.392 e. The normalized spacial score (nSPS) is 23.1. The molecule has 1 aliphatic rings. The fourth-order valence-electron chi connectivity index (χ4n) is 1.57. The number of nitrogens with one attached hydrogen (secondary N) is 2. The Morgan fingerprint density at radius 3 is 2.59 bits per heavy atom. The number of thiocarbonyl (C=S) groups is 1. The summed E-state index contributed by atoms with van der Waals surface area (Å²) in [6, 6.07) is 0. The van der Waals surface area contributed by atoms with Crippen LogP contribution in [-0.2, 0) is 14.3 Å². The van der Waals surface area contributed by atoms with Gasteiger partial charge in [0.25, 0.3) is 0 Å². The summed E-state index contributed by atoms with van der Waals surface area (Å²) in [5.74, 6) is -1.43. The number of hydrogen-bond acceptors (Lipinski definition) is 4. The third-order valence-corrected chi connectivity index (χ3v) is 2.70. The van der Waals surface area contributed by atoms with E-state index in [0.29, 0.717) is 13.2 Å². The lowest BCUT2D eigenvalue weighted by molar-refractivity contribution is -0.139. The number of hydrogen-bond donors (Lipinski definition) is 3. The largest absolute Gasteiger partial charge is 0.392 e. The molecule has 0 bridgehead atoms. The molecule has 1 fully saturated rings. The van der Waals surface area contributed by atoms with Crippen LogP contribution in [0.3, 0.4) is 0 Å². The Hall–Kier alpha value is -1.21. The molecule has 1 atom stereocenters. The van der Waals surface area contributed by atoms with E-state index >= 15 is 0 Å². The minimum absolute atomic E-state index is 0.0232. The van der Waals surface area contributed by atoms with Gasteiger partial charge in [-0.15, -0.1) is 0 Å². The lowest BCUT2D eigenvalue weighted by atomic mass is 10.0. The van der Waals surface area contributed by atoms with Crippen LogP contribution in [-0.4, -0.2) is 42.1 Å². The number of carbonyl (C=O) groups excluding carboxylic acids is 2. The van der Waals surface area contributed by atoms with E-state index in [1.54, 1.807) is 0 Å². The first-order valence-corrected chi connectivity index (χ1v) is 5.82. The molecular formula is C10H17N3O3S. The van der Waals surface area contributed by atoms with Crippen LogP contribution in [0, 0.1) is 0 Å². The highest BCUT2D eigenvalue weighted by atomic mass is 32.1. The van der Waals surface area contributed by atoms with Crippen LogP contribution in [0.2, 0.25) is 0 Å².